The summed E-state index contributed by atoms with van der Waals surface area (Å²) in [4.78, 5) is 37.5. The summed E-state index contributed by atoms with van der Waals surface area (Å²) in [5, 5.41) is 21.4. The first-order valence-electron chi connectivity index (χ1n) is 12.4. The van der Waals surface area contributed by atoms with E-state index < -0.39 is 36.4 Å². The van der Waals surface area contributed by atoms with E-state index in [1.165, 1.54) is 12.0 Å². The fourth-order valence-corrected chi connectivity index (χ4v) is 3.74. The minimum absolute atomic E-state index is 0.123. The van der Waals surface area contributed by atoms with Crippen LogP contribution in [0.2, 0.25) is 0 Å². The molecule has 4 rings (SSSR count). The van der Waals surface area contributed by atoms with Crippen molar-refractivity contribution in [3.63, 3.8) is 0 Å². The van der Waals surface area contributed by atoms with E-state index in [1.54, 1.807) is 6.20 Å². The number of ether oxygens (including phenoxy) is 2. The number of carboxylic acids is 3. The zero-order chi connectivity index (χ0) is 34.4. The van der Waals surface area contributed by atoms with Gasteiger partial charge in [-0.15, -0.1) is 0 Å². The van der Waals surface area contributed by atoms with E-state index in [2.05, 4.69) is 33.1 Å². The number of alkyl halides is 9. The number of fused-ring (bicyclic) bond motifs is 1. The molecule has 0 aliphatic carbocycles. The Hall–Kier alpha value is -4.04. The van der Waals surface area contributed by atoms with Crippen molar-refractivity contribution in [3.05, 3.63) is 60.2 Å². The van der Waals surface area contributed by atoms with Gasteiger partial charge in [0.05, 0.1) is 12.7 Å². The number of aliphatic carboxylic acids is 3. The van der Waals surface area contributed by atoms with Crippen LogP contribution in [-0.4, -0.2) is 98.0 Å². The predicted molar refractivity (Wildman–Crippen MR) is 131 cm³/mol. The fourth-order valence-electron chi connectivity index (χ4n) is 3.74. The number of pyridine rings is 2. The molecule has 2 fully saturated rings. The summed E-state index contributed by atoms with van der Waals surface area (Å²) < 4.78 is 107. The second-order valence-corrected chi connectivity index (χ2v) is 8.95. The Bertz CT molecular complexity index is 1140. The van der Waals surface area contributed by atoms with Crippen molar-refractivity contribution in [3.8, 4) is 0 Å². The maximum atomic E-state index is 10.6. The minimum atomic E-state index is -5.08. The molecule has 0 radical (unpaired) electrons. The average Bonchev–Trinajstić information content (AvgIpc) is 3.29. The summed E-state index contributed by atoms with van der Waals surface area (Å²) in [6, 6.07) is 8.62. The van der Waals surface area contributed by atoms with Gasteiger partial charge in [0, 0.05) is 50.5 Å². The number of carboxylic acid groups (broad SMARTS) is 3. The summed E-state index contributed by atoms with van der Waals surface area (Å²) in [7, 11) is 0. The van der Waals surface area contributed by atoms with E-state index in [4.69, 9.17) is 39.2 Å². The lowest BCUT2D eigenvalue weighted by atomic mass is 10.0. The van der Waals surface area contributed by atoms with Gasteiger partial charge in [-0.25, -0.2) is 14.4 Å². The molecule has 0 unspecified atom stereocenters. The van der Waals surface area contributed by atoms with Crippen molar-refractivity contribution in [2.45, 2.75) is 62.8 Å². The topological polar surface area (TPSA) is 159 Å². The molecule has 2 saturated heterocycles. The maximum absolute atomic E-state index is 10.6. The average molecular weight is 667 g/mol. The molecule has 252 valence electrons. The van der Waals surface area contributed by atoms with E-state index >= 15 is 0 Å². The van der Waals surface area contributed by atoms with Crippen molar-refractivity contribution in [1.82, 2.24) is 14.9 Å². The molecule has 3 atom stereocenters. The number of hydrogen-bond acceptors (Lipinski definition) is 8. The highest BCUT2D eigenvalue weighted by molar-refractivity contribution is 5.73. The van der Waals surface area contributed by atoms with Crippen LogP contribution in [0.15, 0.2) is 49.1 Å². The van der Waals surface area contributed by atoms with Crippen molar-refractivity contribution >= 4 is 17.9 Å². The third kappa shape index (κ3) is 15.0. The Kier molecular flexibility index (Phi) is 15.1. The lowest BCUT2D eigenvalue weighted by molar-refractivity contribution is -0.193. The molecule has 0 amide bonds. The highest BCUT2D eigenvalue weighted by Crippen LogP contribution is 2.32. The summed E-state index contributed by atoms with van der Waals surface area (Å²) >= 11 is 0. The molecule has 11 nitrogen and oxygen atoms in total. The number of halogens is 9. The molecule has 2 aromatic rings. The molecule has 20 heteroatoms. The van der Waals surface area contributed by atoms with Crippen molar-refractivity contribution < 1.29 is 78.7 Å². The molecular weight excluding hydrogens is 641 g/mol. The predicted octanol–water partition coefficient (Wildman–Crippen LogP) is 4.33. The van der Waals surface area contributed by atoms with E-state index in [0.29, 0.717) is 12.6 Å². The number of aromatic nitrogens is 2. The van der Waals surface area contributed by atoms with Crippen LogP contribution in [-0.2, 0) is 37.0 Å². The van der Waals surface area contributed by atoms with Crippen molar-refractivity contribution in [1.29, 1.82) is 0 Å². The molecule has 0 spiro atoms. The first-order chi connectivity index (χ1) is 20.7. The molecule has 2 aliphatic rings. The number of hydrogen-bond donors (Lipinski definition) is 3. The molecule has 2 aromatic heterocycles. The number of carbonyl (C=O) groups is 3. The molecule has 3 N–H and O–H groups in total. The quantitative estimate of drug-likeness (QED) is 0.390. The standard InChI is InChI=1S/C19H23N3O2.3C2HF3O2/c1-3-16(11-21-7-1)14-24-18-13-22(12-15-5-8-20-9-6-15)17-4-2-10-23-19(17)18;3*3-2(4,5)1(6)7/h1,3,5-9,11,17-19H,2,4,10,12-14H2;3*(H,6,7)/t17-,18+,19-;;;/m0.../s1. The molecule has 4 heterocycles. The molecule has 45 heavy (non-hydrogen) atoms. The summed E-state index contributed by atoms with van der Waals surface area (Å²) in [5.41, 5.74) is 2.40. The van der Waals surface area contributed by atoms with E-state index in [9.17, 15) is 39.5 Å². The van der Waals surface area contributed by atoms with Crippen LogP contribution in [0.25, 0.3) is 0 Å². The Labute approximate surface area is 248 Å². The van der Waals surface area contributed by atoms with Crippen LogP contribution in [0.3, 0.4) is 0 Å². The Morgan fingerprint density at radius 1 is 0.822 bits per heavy atom. The van der Waals surface area contributed by atoms with Crippen LogP contribution >= 0.6 is 0 Å². The lowest BCUT2D eigenvalue weighted by Crippen LogP contribution is -2.41. The number of nitrogens with zero attached hydrogens (tertiary/aromatic N) is 3. The van der Waals surface area contributed by atoms with Gasteiger partial charge in [-0.2, -0.15) is 39.5 Å². The molecule has 2 aliphatic heterocycles. The molecule has 0 aromatic carbocycles. The fraction of sp³-hybridized carbons (Fsp3) is 0.480. The van der Waals surface area contributed by atoms with Gasteiger partial charge in [-0.3, -0.25) is 14.9 Å². The maximum Gasteiger partial charge on any atom is 0.490 e. The highest BCUT2D eigenvalue weighted by Gasteiger charge is 2.44. The summed E-state index contributed by atoms with van der Waals surface area (Å²) in [6.07, 6.45) is -5.27. The summed E-state index contributed by atoms with van der Waals surface area (Å²) in [6.45, 7) is 3.28. The Morgan fingerprint density at radius 2 is 1.33 bits per heavy atom. The number of rotatable bonds is 5. The van der Waals surface area contributed by atoms with Crippen molar-refractivity contribution in [2.75, 3.05) is 13.2 Å². The van der Waals surface area contributed by atoms with Gasteiger partial charge < -0.3 is 24.8 Å². The molecule has 0 saturated carbocycles. The van der Waals surface area contributed by atoms with Crippen LogP contribution in [0, 0.1) is 0 Å². The summed E-state index contributed by atoms with van der Waals surface area (Å²) in [5.74, 6) is -8.27. The van der Waals surface area contributed by atoms with Crippen LogP contribution in [0.1, 0.15) is 24.0 Å². The van der Waals surface area contributed by atoms with Crippen LogP contribution in [0.5, 0.6) is 0 Å². The van der Waals surface area contributed by atoms with Crippen LogP contribution in [0.4, 0.5) is 39.5 Å². The second-order valence-electron chi connectivity index (χ2n) is 8.95. The van der Waals surface area contributed by atoms with Gasteiger partial charge in [-0.05, 0) is 42.2 Å². The van der Waals surface area contributed by atoms with E-state index in [0.717, 1.165) is 31.7 Å². The smallest absolute Gasteiger partial charge is 0.475 e. The van der Waals surface area contributed by atoms with Gasteiger partial charge >= 0.3 is 36.4 Å². The van der Waals surface area contributed by atoms with E-state index in [1.807, 2.05) is 24.7 Å². The first kappa shape index (κ1) is 39.0. The normalized spacial score (nSPS) is 19.7. The van der Waals surface area contributed by atoms with Gasteiger partial charge in [0.1, 0.15) is 6.10 Å². The highest BCUT2D eigenvalue weighted by atomic mass is 19.4. The SMILES string of the molecule is O=C(O)C(F)(F)F.O=C(O)C(F)(F)F.O=C(O)C(F)(F)F.c1cncc(CO[C@@H]2CN(Cc3ccncc3)[C@H]3CCCO[C@H]23)c1. The van der Waals surface area contributed by atoms with Gasteiger partial charge in [0.2, 0.25) is 0 Å². The third-order valence-electron chi connectivity index (χ3n) is 5.63. The monoisotopic (exact) mass is 667 g/mol. The lowest BCUT2D eigenvalue weighted by Gasteiger charge is -2.32. The first-order valence-corrected chi connectivity index (χ1v) is 12.4. The Balaban J connectivity index is 0.000000396. The van der Waals surface area contributed by atoms with Gasteiger partial charge in [-0.1, -0.05) is 6.07 Å². The van der Waals surface area contributed by atoms with Crippen molar-refractivity contribution in [2.24, 2.45) is 0 Å². The Morgan fingerprint density at radius 3 is 1.78 bits per heavy atom. The number of likely N-dealkylation sites (tertiary alicyclic amines) is 1. The molecule has 0 bridgehead atoms. The zero-order valence-electron chi connectivity index (χ0n) is 22.7. The second kappa shape index (κ2) is 17.4. The third-order valence-corrected chi connectivity index (χ3v) is 5.63. The van der Waals surface area contributed by atoms with Gasteiger partial charge in [0.25, 0.3) is 0 Å². The molecular formula is C25H26F9N3O8. The largest absolute Gasteiger partial charge is 0.490 e. The zero-order valence-corrected chi connectivity index (χ0v) is 22.7. The van der Waals surface area contributed by atoms with Crippen LogP contribution < -0.4 is 0 Å². The van der Waals surface area contributed by atoms with Gasteiger partial charge in [0.15, 0.2) is 0 Å². The minimum Gasteiger partial charge on any atom is -0.475 e. The van der Waals surface area contributed by atoms with E-state index in [-0.39, 0.29) is 12.2 Å².